The quantitative estimate of drug-likeness (QED) is 0.457. The van der Waals surface area contributed by atoms with Crippen LogP contribution in [0.25, 0.3) is 6.08 Å². The maximum absolute atomic E-state index is 12.0. The van der Waals surface area contributed by atoms with E-state index < -0.39 is 0 Å². The maximum Gasteiger partial charge on any atom is 0.185 e. The predicted molar refractivity (Wildman–Crippen MR) is 96.6 cm³/mol. The first kappa shape index (κ1) is 17.8. The summed E-state index contributed by atoms with van der Waals surface area (Å²) in [7, 11) is 4.08. The first-order valence-electron chi connectivity index (χ1n) is 7.93. The van der Waals surface area contributed by atoms with Crippen LogP contribution in [0, 0.1) is 0 Å². The molecule has 0 aliphatic rings. The van der Waals surface area contributed by atoms with Crippen LogP contribution in [0.5, 0.6) is 11.5 Å². The molecule has 0 amide bonds. The molecule has 0 atom stereocenters. The van der Waals surface area contributed by atoms with Crippen LogP contribution in [0.2, 0.25) is 0 Å². The molecule has 0 saturated carbocycles. The standard InChI is InChI=1S/C20H23NO3/c1-21(2)14-3-15-24-19-11-4-16(5-12-19)6-13-20(23)17-7-9-18(22)10-8-17/h4-13,22H,3,14-15H2,1-2H3. The summed E-state index contributed by atoms with van der Waals surface area (Å²) in [5.41, 5.74) is 1.48. The lowest BCUT2D eigenvalue weighted by molar-refractivity contribution is 0.104. The first-order valence-corrected chi connectivity index (χ1v) is 7.93. The van der Waals surface area contributed by atoms with E-state index in [1.54, 1.807) is 18.2 Å². The van der Waals surface area contributed by atoms with E-state index >= 15 is 0 Å². The number of allylic oxidation sites excluding steroid dienone is 1. The number of carbonyl (C=O) groups is 1. The third-order valence-corrected chi connectivity index (χ3v) is 3.48. The minimum Gasteiger partial charge on any atom is -0.508 e. The molecule has 2 rings (SSSR count). The van der Waals surface area contributed by atoms with Crippen LogP contribution in [0.4, 0.5) is 0 Å². The van der Waals surface area contributed by atoms with Gasteiger partial charge in [0.25, 0.3) is 0 Å². The van der Waals surface area contributed by atoms with Crippen LogP contribution in [0.1, 0.15) is 22.3 Å². The Morgan fingerprint density at radius 1 is 1.08 bits per heavy atom. The molecular weight excluding hydrogens is 302 g/mol. The van der Waals surface area contributed by atoms with E-state index in [1.807, 2.05) is 38.4 Å². The van der Waals surface area contributed by atoms with E-state index in [9.17, 15) is 9.90 Å². The van der Waals surface area contributed by atoms with Gasteiger partial charge in [0.15, 0.2) is 5.78 Å². The molecule has 4 nitrogen and oxygen atoms in total. The lowest BCUT2D eigenvalue weighted by Gasteiger charge is -2.10. The Balaban J connectivity index is 1.86. The Bertz CT molecular complexity index is 673. The molecular formula is C20H23NO3. The first-order chi connectivity index (χ1) is 11.5. The van der Waals surface area contributed by atoms with E-state index in [0.717, 1.165) is 24.3 Å². The second-order valence-corrected chi connectivity index (χ2v) is 5.82. The molecule has 0 fully saturated rings. The van der Waals surface area contributed by atoms with Crippen molar-refractivity contribution in [2.45, 2.75) is 6.42 Å². The zero-order valence-corrected chi connectivity index (χ0v) is 14.1. The number of nitrogens with zero attached hydrogens (tertiary/aromatic N) is 1. The number of hydrogen-bond donors (Lipinski definition) is 1. The molecule has 2 aromatic carbocycles. The number of ether oxygens (including phenoxy) is 1. The summed E-state index contributed by atoms with van der Waals surface area (Å²) in [5, 5.41) is 9.23. The second kappa shape index (κ2) is 8.89. The Morgan fingerprint density at radius 2 is 1.75 bits per heavy atom. The zero-order chi connectivity index (χ0) is 17.4. The van der Waals surface area contributed by atoms with Crippen molar-refractivity contribution >= 4 is 11.9 Å². The molecule has 0 aliphatic carbocycles. The fourth-order valence-electron chi connectivity index (χ4n) is 2.14. The van der Waals surface area contributed by atoms with Crippen molar-refractivity contribution in [2.75, 3.05) is 27.2 Å². The summed E-state index contributed by atoms with van der Waals surface area (Å²) >= 11 is 0. The highest BCUT2D eigenvalue weighted by Gasteiger charge is 2.01. The predicted octanol–water partition coefficient (Wildman–Crippen LogP) is 3.62. The number of hydrogen-bond acceptors (Lipinski definition) is 4. The van der Waals surface area contributed by atoms with Gasteiger partial charge in [-0.15, -0.1) is 0 Å². The van der Waals surface area contributed by atoms with Gasteiger partial charge >= 0.3 is 0 Å². The fraction of sp³-hybridized carbons (Fsp3) is 0.250. The van der Waals surface area contributed by atoms with Gasteiger partial charge in [-0.1, -0.05) is 18.2 Å². The zero-order valence-electron chi connectivity index (χ0n) is 14.1. The monoisotopic (exact) mass is 325 g/mol. The number of aromatic hydroxyl groups is 1. The van der Waals surface area contributed by atoms with Crippen LogP contribution in [0.3, 0.4) is 0 Å². The Labute approximate surface area is 143 Å². The van der Waals surface area contributed by atoms with Crippen LogP contribution in [-0.4, -0.2) is 43.0 Å². The van der Waals surface area contributed by atoms with Gasteiger partial charge in [-0.2, -0.15) is 0 Å². The molecule has 0 aliphatic heterocycles. The topological polar surface area (TPSA) is 49.8 Å². The lowest BCUT2D eigenvalue weighted by atomic mass is 10.1. The van der Waals surface area contributed by atoms with Crippen LogP contribution in [0.15, 0.2) is 54.6 Å². The van der Waals surface area contributed by atoms with Gasteiger partial charge in [0.1, 0.15) is 11.5 Å². The van der Waals surface area contributed by atoms with E-state index in [1.165, 1.54) is 18.2 Å². The molecule has 0 radical (unpaired) electrons. The molecule has 0 bridgehead atoms. The largest absolute Gasteiger partial charge is 0.508 e. The third kappa shape index (κ3) is 5.89. The summed E-state index contributed by atoms with van der Waals surface area (Å²) in [6.45, 7) is 1.69. The highest BCUT2D eigenvalue weighted by molar-refractivity contribution is 6.06. The van der Waals surface area contributed by atoms with Gasteiger partial charge in [-0.25, -0.2) is 0 Å². The summed E-state index contributed by atoms with van der Waals surface area (Å²) in [6.07, 6.45) is 4.28. The van der Waals surface area contributed by atoms with E-state index in [2.05, 4.69) is 4.90 Å². The molecule has 0 spiro atoms. The van der Waals surface area contributed by atoms with E-state index in [4.69, 9.17) is 4.74 Å². The van der Waals surface area contributed by atoms with Crippen molar-refractivity contribution in [3.8, 4) is 11.5 Å². The maximum atomic E-state index is 12.0. The van der Waals surface area contributed by atoms with Crippen molar-refractivity contribution in [2.24, 2.45) is 0 Å². The average molecular weight is 325 g/mol. The summed E-state index contributed by atoms with van der Waals surface area (Å²) in [5.74, 6) is 0.881. The Morgan fingerprint density at radius 3 is 2.38 bits per heavy atom. The van der Waals surface area contributed by atoms with Gasteiger partial charge in [0, 0.05) is 12.1 Å². The normalized spacial score (nSPS) is 11.1. The van der Waals surface area contributed by atoms with Gasteiger partial charge in [-0.05, 0) is 68.6 Å². The third-order valence-electron chi connectivity index (χ3n) is 3.48. The van der Waals surface area contributed by atoms with Gasteiger partial charge in [-0.3, -0.25) is 4.79 Å². The van der Waals surface area contributed by atoms with E-state index in [0.29, 0.717) is 12.2 Å². The summed E-state index contributed by atoms with van der Waals surface area (Å²) < 4.78 is 5.68. The Hall–Kier alpha value is -2.59. The number of rotatable bonds is 8. The van der Waals surface area contributed by atoms with Crippen molar-refractivity contribution < 1.29 is 14.6 Å². The molecule has 0 unspecified atom stereocenters. The summed E-state index contributed by atoms with van der Waals surface area (Å²) in [6, 6.07) is 13.9. The van der Waals surface area contributed by atoms with Gasteiger partial charge in [0.2, 0.25) is 0 Å². The molecule has 24 heavy (non-hydrogen) atoms. The lowest BCUT2D eigenvalue weighted by Crippen LogP contribution is -2.15. The molecule has 0 saturated heterocycles. The minimum atomic E-state index is -0.0981. The average Bonchev–Trinajstić information content (AvgIpc) is 2.58. The van der Waals surface area contributed by atoms with Crippen molar-refractivity contribution in [1.29, 1.82) is 0 Å². The minimum absolute atomic E-state index is 0.0981. The number of phenols is 1. The van der Waals surface area contributed by atoms with Crippen LogP contribution in [-0.2, 0) is 0 Å². The van der Waals surface area contributed by atoms with Crippen molar-refractivity contribution in [1.82, 2.24) is 4.90 Å². The number of phenolic OH excluding ortho intramolecular Hbond substituents is 1. The second-order valence-electron chi connectivity index (χ2n) is 5.82. The van der Waals surface area contributed by atoms with Crippen LogP contribution >= 0.6 is 0 Å². The van der Waals surface area contributed by atoms with Gasteiger partial charge < -0.3 is 14.7 Å². The number of ketones is 1. The molecule has 0 heterocycles. The summed E-state index contributed by atoms with van der Waals surface area (Å²) in [4.78, 5) is 14.2. The SMILES string of the molecule is CN(C)CCCOc1ccc(C=CC(=O)c2ccc(O)cc2)cc1. The molecule has 1 N–H and O–H groups in total. The Kier molecular flexibility index (Phi) is 6.58. The van der Waals surface area contributed by atoms with E-state index in [-0.39, 0.29) is 11.5 Å². The highest BCUT2D eigenvalue weighted by atomic mass is 16.5. The van der Waals surface area contributed by atoms with Crippen molar-refractivity contribution in [3.05, 3.63) is 65.7 Å². The van der Waals surface area contributed by atoms with Crippen LogP contribution < -0.4 is 4.74 Å². The molecule has 126 valence electrons. The molecule has 2 aromatic rings. The fourth-order valence-corrected chi connectivity index (χ4v) is 2.14. The molecule has 4 heteroatoms. The number of benzene rings is 2. The smallest absolute Gasteiger partial charge is 0.185 e. The number of carbonyl (C=O) groups excluding carboxylic acids is 1. The van der Waals surface area contributed by atoms with Crippen molar-refractivity contribution in [3.63, 3.8) is 0 Å². The van der Waals surface area contributed by atoms with Gasteiger partial charge in [0.05, 0.1) is 6.61 Å². The molecule has 0 aromatic heterocycles. The highest BCUT2D eigenvalue weighted by Crippen LogP contribution is 2.15.